The van der Waals surface area contributed by atoms with Crippen LogP contribution < -0.4 is 0 Å². The molecule has 5 heteroatoms. The molecule has 0 nitrogen and oxygen atoms in total. The first-order valence-corrected chi connectivity index (χ1v) is 0. The molecule has 33 valence electrons. The summed E-state index contributed by atoms with van der Waals surface area (Å²) in [6, 6.07) is 0. The average Bonchev–Trinajstić information content (AvgIpc) is 0. The van der Waals surface area contributed by atoms with Gasteiger partial charge in [-0.25, -0.2) is 0 Å². The van der Waals surface area contributed by atoms with E-state index in [1.807, 2.05) is 0 Å². The first-order chi connectivity index (χ1) is 0. The van der Waals surface area contributed by atoms with E-state index in [-0.39, 0.29) is 92.7 Å². The van der Waals surface area contributed by atoms with Crippen LogP contribution >= 0.6 is 0 Å². The molecule has 0 aromatic carbocycles. The number of rotatable bonds is 0. The summed E-state index contributed by atoms with van der Waals surface area (Å²) in [6.07, 6.45) is 0. The van der Waals surface area contributed by atoms with Crippen molar-refractivity contribution in [2.75, 3.05) is 0 Å². The van der Waals surface area contributed by atoms with Gasteiger partial charge < -0.3 is 0 Å². The maximum absolute atomic E-state index is 0. The SMILES string of the molecule is [AlH3].[Co].[Cr].[Ru].[Ti]. The Morgan fingerprint density at radius 1 is 1.00 bits per heavy atom. The Kier molecular flexibility index (Phi) is 254. The second-order valence-corrected chi connectivity index (χ2v) is 0. The van der Waals surface area contributed by atoms with E-state index in [4.69, 9.17) is 0 Å². The third-order valence-corrected chi connectivity index (χ3v) is 0. The summed E-state index contributed by atoms with van der Waals surface area (Å²) in [7, 11) is 0. The van der Waals surface area contributed by atoms with E-state index in [9.17, 15) is 0 Å². The predicted molar refractivity (Wildman–Crippen MR) is 9.94 cm³/mol. The second-order valence-electron chi connectivity index (χ2n) is 0. The Bertz CT molecular complexity index is 11.6. The molecule has 0 fully saturated rings. The molecule has 0 saturated heterocycles. The molecule has 0 aromatic rings. The summed E-state index contributed by atoms with van der Waals surface area (Å²) in [5.74, 6) is 0. The van der Waals surface area contributed by atoms with Crippen LogP contribution in [-0.4, -0.2) is 17.4 Å². The third-order valence-electron chi connectivity index (χ3n) is 0. The zero-order valence-corrected chi connectivity index (χ0v) is 7.21. The molecule has 0 aliphatic carbocycles. The van der Waals surface area contributed by atoms with Crippen LogP contribution in [0.4, 0.5) is 0 Å². The normalized spacial score (nSPS) is 0. The van der Waals surface area contributed by atoms with Gasteiger partial charge in [-0.05, 0) is 0 Å². The van der Waals surface area contributed by atoms with E-state index in [0.29, 0.717) is 0 Å². The monoisotopic (exact) mass is 291 g/mol. The van der Waals surface area contributed by atoms with Crippen molar-refractivity contribution in [1.82, 2.24) is 0 Å². The molecular formula is H3AlCoCrRuTi. The summed E-state index contributed by atoms with van der Waals surface area (Å²) in [5, 5.41) is 0. The second kappa shape index (κ2) is 28.5. The van der Waals surface area contributed by atoms with Gasteiger partial charge in [-0.1, -0.05) is 0 Å². The molecule has 0 unspecified atom stereocenters. The van der Waals surface area contributed by atoms with Crippen LogP contribution in [0.5, 0.6) is 0 Å². The summed E-state index contributed by atoms with van der Waals surface area (Å²) in [6.45, 7) is 0. The molecule has 0 rings (SSSR count). The van der Waals surface area contributed by atoms with Crippen LogP contribution in [0.1, 0.15) is 0 Å². The standard InChI is InChI=1S/Al.Co.Cr.Ru.Ti.3H. The van der Waals surface area contributed by atoms with Gasteiger partial charge in [0.15, 0.2) is 17.4 Å². The average molecular weight is 290 g/mol. The molecule has 1 radical (unpaired) electrons. The molecule has 0 aliphatic rings. The molecule has 0 aliphatic heterocycles. The maximum Gasteiger partial charge on any atom is 0.187 e. The first-order valence-electron chi connectivity index (χ1n) is 0. The Hall–Kier alpha value is 2.91. The quantitative estimate of drug-likeness (QED) is 0.492. The fourth-order valence-corrected chi connectivity index (χ4v) is 0. The van der Waals surface area contributed by atoms with Crippen molar-refractivity contribution in [1.29, 1.82) is 0 Å². The van der Waals surface area contributed by atoms with Crippen molar-refractivity contribution in [3.05, 3.63) is 0 Å². The Morgan fingerprint density at radius 2 is 1.00 bits per heavy atom. The number of hydrogen-bond donors (Lipinski definition) is 0. The van der Waals surface area contributed by atoms with Crippen molar-refractivity contribution in [3.8, 4) is 0 Å². The Balaban J connectivity index is 0. The van der Waals surface area contributed by atoms with E-state index in [0.717, 1.165) is 0 Å². The van der Waals surface area contributed by atoms with Gasteiger partial charge in [-0.3, -0.25) is 0 Å². The van der Waals surface area contributed by atoms with Crippen molar-refractivity contribution < 1.29 is 75.3 Å². The molecule has 0 aromatic heterocycles. The summed E-state index contributed by atoms with van der Waals surface area (Å²) < 4.78 is 0. The van der Waals surface area contributed by atoms with Gasteiger partial charge in [0, 0.05) is 75.3 Å². The third kappa shape index (κ3) is 19.7. The predicted octanol–water partition coefficient (Wildman–Crippen LogP) is -1.19. The van der Waals surface area contributed by atoms with Gasteiger partial charge in [-0.2, -0.15) is 0 Å². The summed E-state index contributed by atoms with van der Waals surface area (Å²) >= 11 is 0. The zero-order chi connectivity index (χ0) is 0. The molecule has 5 heavy (non-hydrogen) atoms. The van der Waals surface area contributed by atoms with Gasteiger partial charge in [0.05, 0.1) is 0 Å². The van der Waals surface area contributed by atoms with E-state index < -0.39 is 0 Å². The minimum atomic E-state index is 0. The number of hydrogen-bond acceptors (Lipinski definition) is 0. The van der Waals surface area contributed by atoms with Crippen LogP contribution in [0.25, 0.3) is 0 Å². The Labute approximate surface area is 91.3 Å². The van der Waals surface area contributed by atoms with Gasteiger partial charge in [0.2, 0.25) is 0 Å². The molecule has 0 N–H and O–H groups in total. The molecule has 0 spiro atoms. The van der Waals surface area contributed by atoms with E-state index in [1.165, 1.54) is 0 Å². The molecule has 0 saturated carbocycles. The van der Waals surface area contributed by atoms with Crippen LogP contribution in [-0.2, 0) is 75.3 Å². The molecular weight excluding hydrogens is 287 g/mol. The van der Waals surface area contributed by atoms with Crippen molar-refractivity contribution in [2.45, 2.75) is 0 Å². The molecule has 0 amide bonds. The van der Waals surface area contributed by atoms with E-state index in [1.54, 1.807) is 0 Å². The van der Waals surface area contributed by atoms with E-state index in [2.05, 4.69) is 0 Å². The van der Waals surface area contributed by atoms with Gasteiger partial charge in [-0.15, -0.1) is 0 Å². The molecule has 0 heterocycles. The fourth-order valence-electron chi connectivity index (χ4n) is 0. The molecule has 0 bridgehead atoms. The van der Waals surface area contributed by atoms with Gasteiger partial charge >= 0.3 is 0 Å². The van der Waals surface area contributed by atoms with Crippen molar-refractivity contribution in [2.24, 2.45) is 0 Å². The van der Waals surface area contributed by atoms with Crippen LogP contribution in [0.15, 0.2) is 0 Å². The smallest absolute Gasteiger partial charge is 0 e. The largest absolute Gasteiger partial charge is 0.187 e. The maximum atomic E-state index is 0. The Morgan fingerprint density at radius 3 is 1.00 bits per heavy atom. The minimum Gasteiger partial charge on any atom is 0 e. The summed E-state index contributed by atoms with van der Waals surface area (Å²) in [5.41, 5.74) is 0. The van der Waals surface area contributed by atoms with Gasteiger partial charge in [0.1, 0.15) is 0 Å². The first kappa shape index (κ1) is 44.6. The minimum absolute atomic E-state index is 0. The fraction of sp³-hybridized carbons (Fsp3) is 0. The molecule has 0 atom stereocenters. The van der Waals surface area contributed by atoms with Crippen LogP contribution in [0.2, 0.25) is 0 Å². The summed E-state index contributed by atoms with van der Waals surface area (Å²) in [4.78, 5) is 0. The van der Waals surface area contributed by atoms with Crippen LogP contribution in [0.3, 0.4) is 0 Å². The van der Waals surface area contributed by atoms with E-state index >= 15 is 0 Å². The van der Waals surface area contributed by atoms with Crippen LogP contribution in [0, 0.1) is 0 Å². The topological polar surface area (TPSA) is 0 Å². The van der Waals surface area contributed by atoms with Crippen molar-refractivity contribution in [3.63, 3.8) is 0 Å². The zero-order valence-electron chi connectivity index (χ0n) is 1.60. The van der Waals surface area contributed by atoms with Crippen molar-refractivity contribution >= 4 is 17.4 Å². The van der Waals surface area contributed by atoms with Gasteiger partial charge in [0.25, 0.3) is 0 Å².